The molecule has 1 aliphatic rings. The van der Waals surface area contributed by atoms with Crippen LogP contribution in [-0.2, 0) is 4.79 Å². The molecule has 0 radical (unpaired) electrons. The molecule has 1 aromatic rings. The largest absolute Gasteiger partial charge is 0.333 e. The van der Waals surface area contributed by atoms with Gasteiger partial charge in [0.25, 0.3) is 0 Å². The van der Waals surface area contributed by atoms with Gasteiger partial charge in [-0.1, -0.05) is 26.0 Å². The lowest BCUT2D eigenvalue weighted by Crippen LogP contribution is -2.61. The van der Waals surface area contributed by atoms with Crippen molar-refractivity contribution in [2.45, 2.75) is 59.0 Å². The molecule has 1 saturated heterocycles. The molecule has 132 valence electrons. The molecule has 0 saturated carbocycles. The van der Waals surface area contributed by atoms with E-state index in [0.29, 0.717) is 19.0 Å². The number of carbonyl (C=O) groups is 2. The fraction of sp³-hybridized carbons (Fsp3) is 0.579. The highest BCUT2D eigenvalue weighted by Gasteiger charge is 2.35. The zero-order chi connectivity index (χ0) is 18.1. The van der Waals surface area contributed by atoms with Gasteiger partial charge in [-0.15, -0.1) is 0 Å². The van der Waals surface area contributed by atoms with Gasteiger partial charge in [-0.25, -0.2) is 4.79 Å². The Morgan fingerprint density at radius 1 is 1.17 bits per heavy atom. The van der Waals surface area contributed by atoms with E-state index in [-0.39, 0.29) is 17.5 Å². The number of nitrogens with one attached hydrogen (secondary N) is 1. The van der Waals surface area contributed by atoms with Crippen molar-refractivity contribution in [3.05, 3.63) is 29.8 Å². The summed E-state index contributed by atoms with van der Waals surface area (Å²) in [4.78, 5) is 28.5. The summed E-state index contributed by atoms with van der Waals surface area (Å²) in [6, 6.07) is 7.46. The van der Waals surface area contributed by atoms with E-state index >= 15 is 0 Å². The van der Waals surface area contributed by atoms with E-state index in [9.17, 15) is 9.59 Å². The summed E-state index contributed by atoms with van der Waals surface area (Å²) in [5.41, 5.74) is 1.83. The Labute approximate surface area is 145 Å². The second-order valence-corrected chi connectivity index (χ2v) is 7.79. The van der Waals surface area contributed by atoms with Gasteiger partial charge < -0.3 is 15.1 Å². The maximum atomic E-state index is 12.7. The fourth-order valence-corrected chi connectivity index (χ4v) is 2.84. The zero-order valence-corrected chi connectivity index (χ0v) is 15.6. The molecule has 5 nitrogen and oxygen atoms in total. The predicted octanol–water partition coefficient (Wildman–Crippen LogP) is 3.36. The van der Waals surface area contributed by atoms with Crippen LogP contribution in [0.5, 0.6) is 0 Å². The fourth-order valence-electron chi connectivity index (χ4n) is 2.84. The molecule has 0 spiro atoms. The van der Waals surface area contributed by atoms with Gasteiger partial charge in [0.1, 0.15) is 6.04 Å². The highest BCUT2D eigenvalue weighted by molar-refractivity contribution is 6.00. The minimum atomic E-state index is -0.467. The number of nitrogens with zero attached hydrogens (tertiary/aromatic N) is 2. The van der Waals surface area contributed by atoms with Crippen molar-refractivity contribution >= 4 is 17.6 Å². The molecule has 0 bridgehead atoms. The molecule has 1 aliphatic heterocycles. The number of rotatable bonds is 2. The van der Waals surface area contributed by atoms with Gasteiger partial charge in [0.15, 0.2) is 0 Å². The van der Waals surface area contributed by atoms with E-state index in [1.54, 1.807) is 16.7 Å². The van der Waals surface area contributed by atoms with Crippen molar-refractivity contribution < 1.29 is 9.59 Å². The van der Waals surface area contributed by atoms with Gasteiger partial charge >= 0.3 is 6.03 Å². The predicted molar refractivity (Wildman–Crippen MR) is 97.3 cm³/mol. The van der Waals surface area contributed by atoms with Crippen LogP contribution in [0.1, 0.15) is 53.0 Å². The average molecular weight is 331 g/mol. The lowest BCUT2D eigenvalue weighted by atomic mass is 10.0. The number of anilines is 1. The maximum Gasteiger partial charge on any atom is 0.318 e. The molecule has 1 heterocycles. The molecule has 1 N–H and O–H groups in total. The molecule has 24 heavy (non-hydrogen) atoms. The van der Waals surface area contributed by atoms with Crippen LogP contribution in [0, 0.1) is 0 Å². The highest BCUT2D eigenvalue weighted by Crippen LogP contribution is 2.23. The molecule has 1 aromatic carbocycles. The number of amides is 3. The number of hydrogen-bond donors (Lipinski definition) is 1. The lowest BCUT2D eigenvalue weighted by Gasteiger charge is -2.40. The average Bonchev–Trinajstić information content (AvgIpc) is 2.48. The van der Waals surface area contributed by atoms with Crippen LogP contribution in [0.2, 0.25) is 0 Å². The van der Waals surface area contributed by atoms with Crippen molar-refractivity contribution in [3.8, 4) is 0 Å². The molecule has 0 aromatic heterocycles. The minimum Gasteiger partial charge on any atom is -0.333 e. The minimum absolute atomic E-state index is 0.0393. The molecule has 1 atom stereocenters. The van der Waals surface area contributed by atoms with E-state index in [2.05, 4.69) is 31.3 Å². The first-order valence-electron chi connectivity index (χ1n) is 8.60. The monoisotopic (exact) mass is 331 g/mol. The Morgan fingerprint density at radius 2 is 1.75 bits per heavy atom. The van der Waals surface area contributed by atoms with E-state index in [4.69, 9.17) is 0 Å². The Hall–Kier alpha value is -2.04. The van der Waals surface area contributed by atoms with Gasteiger partial charge in [0.05, 0.1) is 0 Å². The van der Waals surface area contributed by atoms with E-state index < -0.39 is 6.04 Å². The number of carbonyl (C=O) groups excluding carboxylic acids is 2. The highest BCUT2D eigenvalue weighted by atomic mass is 16.2. The van der Waals surface area contributed by atoms with Crippen molar-refractivity contribution in [2.75, 3.05) is 18.0 Å². The SMILES string of the molecule is CC(C)c1ccc(N2CCN(C(=O)NC(C)(C)C)C(C)C2=O)cc1. The van der Waals surface area contributed by atoms with Gasteiger partial charge in [-0.05, 0) is 51.3 Å². The molecule has 1 unspecified atom stereocenters. The maximum absolute atomic E-state index is 12.7. The third-order valence-electron chi connectivity index (χ3n) is 4.27. The molecule has 3 amide bonds. The Bertz CT molecular complexity index is 602. The number of urea groups is 1. The third-order valence-corrected chi connectivity index (χ3v) is 4.27. The normalized spacial score (nSPS) is 19.0. The zero-order valence-electron chi connectivity index (χ0n) is 15.6. The second-order valence-electron chi connectivity index (χ2n) is 7.79. The van der Waals surface area contributed by atoms with Gasteiger partial charge in [0.2, 0.25) is 5.91 Å². The van der Waals surface area contributed by atoms with Crippen molar-refractivity contribution in [1.29, 1.82) is 0 Å². The first-order valence-corrected chi connectivity index (χ1v) is 8.60. The standard InChI is InChI=1S/C19H29N3O2/c1-13(2)15-7-9-16(10-8-15)22-12-11-21(14(3)17(22)23)18(24)20-19(4,5)6/h7-10,13-14H,11-12H2,1-6H3,(H,20,24). The first kappa shape index (κ1) is 18.3. The van der Waals surface area contributed by atoms with E-state index in [1.807, 2.05) is 32.9 Å². The summed E-state index contributed by atoms with van der Waals surface area (Å²) in [5.74, 6) is 0.425. The summed E-state index contributed by atoms with van der Waals surface area (Å²) >= 11 is 0. The number of benzene rings is 1. The van der Waals surface area contributed by atoms with Crippen molar-refractivity contribution in [2.24, 2.45) is 0 Å². The van der Waals surface area contributed by atoms with E-state index in [0.717, 1.165) is 5.69 Å². The van der Waals surface area contributed by atoms with Gasteiger partial charge in [-0.2, -0.15) is 0 Å². The molecular weight excluding hydrogens is 302 g/mol. The lowest BCUT2D eigenvalue weighted by molar-refractivity contribution is -0.124. The Morgan fingerprint density at radius 3 is 2.25 bits per heavy atom. The van der Waals surface area contributed by atoms with Crippen LogP contribution in [-0.4, -0.2) is 41.5 Å². The third kappa shape index (κ3) is 4.08. The Balaban J connectivity index is 2.10. The summed E-state index contributed by atoms with van der Waals surface area (Å²) in [7, 11) is 0. The summed E-state index contributed by atoms with van der Waals surface area (Å²) in [5, 5.41) is 2.93. The van der Waals surface area contributed by atoms with Crippen LogP contribution < -0.4 is 10.2 Å². The second kappa shape index (κ2) is 6.83. The topological polar surface area (TPSA) is 52.6 Å². The molecule has 1 fully saturated rings. The first-order chi connectivity index (χ1) is 11.1. The van der Waals surface area contributed by atoms with Gasteiger partial charge in [0, 0.05) is 24.3 Å². The van der Waals surface area contributed by atoms with Crippen LogP contribution in [0.15, 0.2) is 24.3 Å². The molecular formula is C19H29N3O2. The van der Waals surface area contributed by atoms with Crippen LogP contribution >= 0.6 is 0 Å². The summed E-state index contributed by atoms with van der Waals surface area (Å²) < 4.78 is 0. The number of hydrogen-bond acceptors (Lipinski definition) is 2. The van der Waals surface area contributed by atoms with Crippen molar-refractivity contribution in [3.63, 3.8) is 0 Å². The smallest absolute Gasteiger partial charge is 0.318 e. The van der Waals surface area contributed by atoms with Crippen molar-refractivity contribution in [1.82, 2.24) is 10.2 Å². The molecule has 2 rings (SSSR count). The summed E-state index contributed by atoms with van der Waals surface area (Å²) in [6.45, 7) is 12.9. The van der Waals surface area contributed by atoms with Gasteiger partial charge in [-0.3, -0.25) is 4.79 Å². The molecule has 0 aliphatic carbocycles. The van der Waals surface area contributed by atoms with Crippen LogP contribution in [0.4, 0.5) is 10.5 Å². The quantitative estimate of drug-likeness (QED) is 0.903. The van der Waals surface area contributed by atoms with E-state index in [1.165, 1.54) is 5.56 Å². The molecule has 5 heteroatoms. The Kier molecular flexibility index (Phi) is 5.21. The van der Waals surface area contributed by atoms with Crippen LogP contribution in [0.3, 0.4) is 0 Å². The number of piperazine rings is 1. The van der Waals surface area contributed by atoms with Crippen LogP contribution in [0.25, 0.3) is 0 Å². The summed E-state index contributed by atoms with van der Waals surface area (Å²) in [6.07, 6.45) is 0.